The van der Waals surface area contributed by atoms with Crippen LogP contribution in [-0.4, -0.2) is 19.0 Å². The molecule has 1 aliphatic heterocycles. The zero-order valence-electron chi connectivity index (χ0n) is 5.14. The molecular formula is C6H11O2. The van der Waals surface area contributed by atoms with Crippen molar-refractivity contribution in [1.29, 1.82) is 0 Å². The van der Waals surface area contributed by atoms with Crippen molar-refractivity contribution in [2.75, 3.05) is 13.2 Å². The fraction of sp³-hybridized carbons (Fsp3) is 0.833. The van der Waals surface area contributed by atoms with Crippen LogP contribution < -0.4 is 0 Å². The summed E-state index contributed by atoms with van der Waals surface area (Å²) in [4.78, 5) is 0. The Morgan fingerprint density at radius 2 is 2.00 bits per heavy atom. The summed E-state index contributed by atoms with van der Waals surface area (Å²) in [6, 6.07) is 0. The molecular weight excluding hydrogens is 104 g/mol. The van der Waals surface area contributed by atoms with Gasteiger partial charge in [0.05, 0.1) is 13.2 Å². The molecule has 2 nitrogen and oxygen atoms in total. The van der Waals surface area contributed by atoms with Crippen LogP contribution in [-0.2, 0) is 9.47 Å². The Morgan fingerprint density at radius 1 is 1.50 bits per heavy atom. The summed E-state index contributed by atoms with van der Waals surface area (Å²) in [5.41, 5.74) is 0. The van der Waals surface area contributed by atoms with Crippen LogP contribution >= 0.6 is 0 Å². The van der Waals surface area contributed by atoms with Gasteiger partial charge in [0.15, 0.2) is 5.79 Å². The highest BCUT2D eigenvalue weighted by atomic mass is 16.7. The average Bonchev–Trinajstić information content (AvgIpc) is 2.17. The van der Waals surface area contributed by atoms with Crippen molar-refractivity contribution < 1.29 is 9.47 Å². The van der Waals surface area contributed by atoms with E-state index in [9.17, 15) is 0 Å². The third-order valence-electron chi connectivity index (χ3n) is 1.35. The predicted molar refractivity (Wildman–Crippen MR) is 30.3 cm³/mol. The van der Waals surface area contributed by atoms with Crippen molar-refractivity contribution in [3.8, 4) is 0 Å². The van der Waals surface area contributed by atoms with E-state index in [1.54, 1.807) is 0 Å². The van der Waals surface area contributed by atoms with Crippen LogP contribution in [0.25, 0.3) is 0 Å². The summed E-state index contributed by atoms with van der Waals surface area (Å²) in [7, 11) is 0. The highest BCUT2D eigenvalue weighted by molar-refractivity contribution is 4.73. The number of ether oxygens (including phenoxy) is 2. The first-order valence-corrected chi connectivity index (χ1v) is 2.90. The standard InChI is InChI=1S/C6H11O2/c1-3-6(2)7-4-5-8-6/h2-5H2,1H3. The minimum Gasteiger partial charge on any atom is -0.348 e. The van der Waals surface area contributed by atoms with E-state index in [0.717, 1.165) is 6.42 Å². The maximum absolute atomic E-state index is 5.16. The number of rotatable bonds is 1. The fourth-order valence-electron chi connectivity index (χ4n) is 0.701. The predicted octanol–water partition coefficient (Wildman–Crippen LogP) is 0.974. The molecule has 47 valence electrons. The normalized spacial score (nSPS) is 26.2. The van der Waals surface area contributed by atoms with Gasteiger partial charge in [0, 0.05) is 6.92 Å². The van der Waals surface area contributed by atoms with Crippen LogP contribution in [0.3, 0.4) is 0 Å². The molecule has 0 unspecified atom stereocenters. The molecule has 0 amide bonds. The maximum atomic E-state index is 5.16. The number of hydrogen-bond donors (Lipinski definition) is 0. The summed E-state index contributed by atoms with van der Waals surface area (Å²) >= 11 is 0. The van der Waals surface area contributed by atoms with E-state index in [4.69, 9.17) is 9.47 Å². The van der Waals surface area contributed by atoms with E-state index in [-0.39, 0.29) is 0 Å². The molecule has 8 heavy (non-hydrogen) atoms. The van der Waals surface area contributed by atoms with Crippen molar-refractivity contribution in [2.24, 2.45) is 0 Å². The van der Waals surface area contributed by atoms with Gasteiger partial charge in [-0.05, 0) is 6.42 Å². The first kappa shape index (κ1) is 6.05. The van der Waals surface area contributed by atoms with E-state index < -0.39 is 5.79 Å². The van der Waals surface area contributed by atoms with Gasteiger partial charge in [-0.1, -0.05) is 6.92 Å². The summed E-state index contributed by atoms with van der Waals surface area (Å²) in [6.07, 6.45) is 0.826. The van der Waals surface area contributed by atoms with Crippen molar-refractivity contribution in [1.82, 2.24) is 0 Å². The Morgan fingerprint density at radius 3 is 2.25 bits per heavy atom. The molecule has 0 bridgehead atoms. The van der Waals surface area contributed by atoms with Crippen LogP contribution in [0.15, 0.2) is 0 Å². The highest BCUT2D eigenvalue weighted by Crippen LogP contribution is 2.20. The van der Waals surface area contributed by atoms with Gasteiger partial charge in [0.25, 0.3) is 0 Å². The van der Waals surface area contributed by atoms with Crippen LogP contribution in [0.2, 0.25) is 0 Å². The monoisotopic (exact) mass is 115 g/mol. The summed E-state index contributed by atoms with van der Waals surface area (Å²) in [5, 5.41) is 0. The Balaban J connectivity index is 2.40. The molecule has 0 N–H and O–H groups in total. The van der Waals surface area contributed by atoms with Crippen molar-refractivity contribution in [2.45, 2.75) is 19.1 Å². The van der Waals surface area contributed by atoms with Crippen molar-refractivity contribution >= 4 is 0 Å². The Hall–Kier alpha value is -0.0800. The molecule has 0 saturated carbocycles. The van der Waals surface area contributed by atoms with Crippen LogP contribution in [0.1, 0.15) is 13.3 Å². The number of hydrogen-bond acceptors (Lipinski definition) is 2. The molecule has 2 heteroatoms. The van der Waals surface area contributed by atoms with Gasteiger partial charge in [0.2, 0.25) is 0 Å². The van der Waals surface area contributed by atoms with Gasteiger partial charge < -0.3 is 9.47 Å². The van der Waals surface area contributed by atoms with Gasteiger partial charge in [0.1, 0.15) is 0 Å². The zero-order chi connectivity index (χ0) is 6.04. The summed E-state index contributed by atoms with van der Waals surface area (Å²) in [6.45, 7) is 7.12. The lowest BCUT2D eigenvalue weighted by Gasteiger charge is -2.18. The third-order valence-corrected chi connectivity index (χ3v) is 1.35. The topological polar surface area (TPSA) is 18.5 Å². The van der Waals surface area contributed by atoms with Gasteiger partial charge in [-0.3, -0.25) is 0 Å². The first-order chi connectivity index (χ1) is 3.77. The molecule has 0 aromatic heterocycles. The Kier molecular flexibility index (Phi) is 1.54. The Labute approximate surface area is 49.8 Å². The minimum absolute atomic E-state index is 0.514. The lowest BCUT2D eigenvalue weighted by molar-refractivity contribution is -0.120. The molecule has 1 heterocycles. The molecule has 1 aliphatic rings. The quantitative estimate of drug-likeness (QED) is 0.507. The molecule has 1 radical (unpaired) electrons. The van der Waals surface area contributed by atoms with Gasteiger partial charge >= 0.3 is 0 Å². The van der Waals surface area contributed by atoms with Gasteiger partial charge in [-0.15, -0.1) is 0 Å². The minimum atomic E-state index is -0.514. The van der Waals surface area contributed by atoms with Gasteiger partial charge in [-0.25, -0.2) is 0 Å². The van der Waals surface area contributed by atoms with Crippen LogP contribution in [0.4, 0.5) is 0 Å². The summed E-state index contributed by atoms with van der Waals surface area (Å²) < 4.78 is 10.3. The second-order valence-electron chi connectivity index (χ2n) is 1.96. The first-order valence-electron chi connectivity index (χ1n) is 2.90. The van der Waals surface area contributed by atoms with E-state index in [2.05, 4.69) is 6.92 Å². The maximum Gasteiger partial charge on any atom is 0.168 e. The molecule has 1 rings (SSSR count). The molecule has 1 fully saturated rings. The van der Waals surface area contributed by atoms with E-state index in [1.807, 2.05) is 6.92 Å². The average molecular weight is 115 g/mol. The molecule has 0 atom stereocenters. The fourth-order valence-corrected chi connectivity index (χ4v) is 0.701. The van der Waals surface area contributed by atoms with E-state index in [0.29, 0.717) is 13.2 Å². The zero-order valence-corrected chi connectivity index (χ0v) is 5.14. The lowest BCUT2D eigenvalue weighted by Crippen LogP contribution is -2.23. The summed E-state index contributed by atoms with van der Waals surface area (Å²) in [5.74, 6) is -0.514. The smallest absolute Gasteiger partial charge is 0.168 e. The molecule has 0 aromatic carbocycles. The SMILES string of the molecule is [CH2]C1(CC)OCCO1. The lowest BCUT2D eigenvalue weighted by atomic mass is 10.2. The highest BCUT2D eigenvalue weighted by Gasteiger charge is 2.28. The molecule has 0 aliphatic carbocycles. The second-order valence-corrected chi connectivity index (χ2v) is 1.96. The van der Waals surface area contributed by atoms with Crippen LogP contribution in [0, 0.1) is 6.92 Å². The molecule has 0 spiro atoms. The van der Waals surface area contributed by atoms with Crippen molar-refractivity contribution in [3.05, 3.63) is 6.92 Å². The molecule has 1 saturated heterocycles. The van der Waals surface area contributed by atoms with E-state index >= 15 is 0 Å². The third kappa shape index (κ3) is 1.01. The van der Waals surface area contributed by atoms with Gasteiger partial charge in [-0.2, -0.15) is 0 Å². The van der Waals surface area contributed by atoms with Crippen LogP contribution in [0.5, 0.6) is 0 Å². The molecule has 0 aromatic rings. The second kappa shape index (κ2) is 2.03. The van der Waals surface area contributed by atoms with Crippen molar-refractivity contribution in [3.63, 3.8) is 0 Å². The Bertz CT molecular complexity index is 74.6. The largest absolute Gasteiger partial charge is 0.348 e. The van der Waals surface area contributed by atoms with E-state index in [1.165, 1.54) is 0 Å².